The molecule has 0 saturated carbocycles. The Balaban J connectivity index is 1.94. The summed E-state index contributed by atoms with van der Waals surface area (Å²) < 4.78 is 5.26. The molecule has 5 nitrogen and oxygen atoms in total. The second-order valence-electron chi connectivity index (χ2n) is 6.76. The molecule has 1 aliphatic rings. The lowest BCUT2D eigenvalue weighted by molar-refractivity contribution is 0.0945. The van der Waals surface area contributed by atoms with Crippen molar-refractivity contribution in [1.82, 2.24) is 10.3 Å². The third-order valence-electron chi connectivity index (χ3n) is 4.90. The van der Waals surface area contributed by atoms with Crippen LogP contribution >= 0.6 is 0 Å². The summed E-state index contributed by atoms with van der Waals surface area (Å²) in [5, 5.41) is 3.79. The molecule has 0 unspecified atom stereocenters. The molecule has 1 amide bonds. The van der Waals surface area contributed by atoms with E-state index in [1.807, 2.05) is 30.3 Å². The monoisotopic (exact) mass is 360 g/mol. The standard InChI is InChI=1S/C22H20N2O3/c1-13(25)14-4-6-21-20(10-14)19(11-17(24-21)12-27-2)15-3-5-18-16(9-15)7-8-23-22(18)26/h3-6,9-11H,7-8,12H2,1-2H3,(H,23,26). The smallest absolute Gasteiger partial charge is 0.251 e. The first-order valence-corrected chi connectivity index (χ1v) is 8.92. The van der Waals surface area contributed by atoms with Crippen molar-refractivity contribution >= 4 is 22.6 Å². The molecule has 0 aliphatic carbocycles. The van der Waals surface area contributed by atoms with E-state index in [2.05, 4.69) is 16.4 Å². The third kappa shape index (κ3) is 3.22. The van der Waals surface area contributed by atoms with E-state index in [-0.39, 0.29) is 11.7 Å². The fraction of sp³-hybridized carbons (Fsp3) is 0.227. The zero-order chi connectivity index (χ0) is 19.0. The van der Waals surface area contributed by atoms with Crippen LogP contribution in [-0.4, -0.2) is 30.3 Å². The molecule has 0 spiro atoms. The lowest BCUT2D eigenvalue weighted by Crippen LogP contribution is -2.31. The topological polar surface area (TPSA) is 68.3 Å². The lowest BCUT2D eigenvalue weighted by atomic mass is 9.92. The van der Waals surface area contributed by atoms with Crippen LogP contribution in [0.2, 0.25) is 0 Å². The van der Waals surface area contributed by atoms with E-state index in [0.29, 0.717) is 18.7 Å². The highest BCUT2D eigenvalue weighted by molar-refractivity contribution is 6.03. The molecule has 0 saturated heterocycles. The highest BCUT2D eigenvalue weighted by Gasteiger charge is 2.18. The Kier molecular flexibility index (Phi) is 4.46. The number of Topliss-reactive ketones (excluding diaryl/α,β-unsaturated/α-hetero) is 1. The lowest BCUT2D eigenvalue weighted by Gasteiger charge is -2.18. The first-order valence-electron chi connectivity index (χ1n) is 8.92. The van der Waals surface area contributed by atoms with Crippen molar-refractivity contribution in [2.45, 2.75) is 20.0 Å². The van der Waals surface area contributed by atoms with Crippen LogP contribution in [0.1, 0.15) is 38.9 Å². The number of amides is 1. The summed E-state index contributed by atoms with van der Waals surface area (Å²) in [6.07, 6.45) is 0.807. The molecule has 2 aromatic carbocycles. The summed E-state index contributed by atoms with van der Waals surface area (Å²) in [5.41, 5.74) is 6.06. The van der Waals surface area contributed by atoms with Crippen molar-refractivity contribution in [2.24, 2.45) is 0 Å². The third-order valence-corrected chi connectivity index (χ3v) is 4.90. The van der Waals surface area contributed by atoms with Crippen LogP contribution in [0.4, 0.5) is 0 Å². The molecule has 0 bridgehead atoms. The minimum atomic E-state index is -0.0266. The number of ether oxygens (including phenoxy) is 1. The summed E-state index contributed by atoms with van der Waals surface area (Å²) in [5.74, 6) is -0.00717. The van der Waals surface area contributed by atoms with Crippen molar-refractivity contribution < 1.29 is 14.3 Å². The molecule has 1 N–H and O–H groups in total. The molecule has 0 radical (unpaired) electrons. The van der Waals surface area contributed by atoms with Crippen LogP contribution in [0.15, 0.2) is 42.5 Å². The van der Waals surface area contributed by atoms with Crippen LogP contribution in [0, 0.1) is 0 Å². The van der Waals surface area contributed by atoms with Gasteiger partial charge in [0, 0.05) is 30.2 Å². The van der Waals surface area contributed by atoms with Crippen molar-refractivity contribution in [2.75, 3.05) is 13.7 Å². The van der Waals surface area contributed by atoms with E-state index < -0.39 is 0 Å². The van der Waals surface area contributed by atoms with E-state index in [1.165, 1.54) is 0 Å². The van der Waals surface area contributed by atoms with Gasteiger partial charge in [0.05, 0.1) is 17.8 Å². The van der Waals surface area contributed by atoms with Gasteiger partial charge in [0.15, 0.2) is 5.78 Å². The largest absolute Gasteiger partial charge is 0.378 e. The fourth-order valence-electron chi connectivity index (χ4n) is 3.56. The molecule has 0 atom stereocenters. The van der Waals surface area contributed by atoms with Gasteiger partial charge in [-0.25, -0.2) is 0 Å². The van der Waals surface area contributed by atoms with Gasteiger partial charge < -0.3 is 10.1 Å². The quantitative estimate of drug-likeness (QED) is 0.723. The van der Waals surface area contributed by atoms with Crippen LogP contribution in [0.25, 0.3) is 22.0 Å². The second kappa shape index (κ2) is 6.93. The normalized spacial score (nSPS) is 13.3. The van der Waals surface area contributed by atoms with Crippen LogP contribution in [0.5, 0.6) is 0 Å². The molecular weight excluding hydrogens is 340 g/mol. The Bertz CT molecular complexity index is 1070. The Morgan fingerprint density at radius 1 is 1.15 bits per heavy atom. The number of benzene rings is 2. The number of hydrogen-bond donors (Lipinski definition) is 1. The van der Waals surface area contributed by atoms with Gasteiger partial charge in [0.2, 0.25) is 0 Å². The number of pyridine rings is 1. The van der Waals surface area contributed by atoms with E-state index in [4.69, 9.17) is 4.74 Å². The number of hydrogen-bond acceptors (Lipinski definition) is 4. The first-order chi connectivity index (χ1) is 13.1. The summed E-state index contributed by atoms with van der Waals surface area (Å²) in [6.45, 7) is 2.62. The predicted molar refractivity (Wildman–Crippen MR) is 104 cm³/mol. The molecule has 0 fully saturated rings. The zero-order valence-corrected chi connectivity index (χ0v) is 15.3. The number of fused-ring (bicyclic) bond motifs is 2. The van der Waals surface area contributed by atoms with Crippen molar-refractivity contribution in [1.29, 1.82) is 0 Å². The van der Waals surface area contributed by atoms with Gasteiger partial charge >= 0.3 is 0 Å². The van der Waals surface area contributed by atoms with E-state index in [9.17, 15) is 9.59 Å². The van der Waals surface area contributed by atoms with Crippen LogP contribution in [-0.2, 0) is 17.8 Å². The maximum Gasteiger partial charge on any atom is 0.251 e. The highest BCUT2D eigenvalue weighted by Crippen LogP contribution is 2.32. The number of nitrogens with one attached hydrogen (secondary N) is 1. The fourth-order valence-corrected chi connectivity index (χ4v) is 3.56. The van der Waals surface area contributed by atoms with Crippen LogP contribution in [0.3, 0.4) is 0 Å². The summed E-state index contributed by atoms with van der Waals surface area (Å²) >= 11 is 0. The molecule has 27 heavy (non-hydrogen) atoms. The number of ketones is 1. The molecule has 4 rings (SSSR count). The highest BCUT2D eigenvalue weighted by atomic mass is 16.5. The number of aromatic nitrogens is 1. The van der Waals surface area contributed by atoms with Gasteiger partial charge in [0.25, 0.3) is 5.91 Å². The molecule has 1 aromatic heterocycles. The molecule has 136 valence electrons. The van der Waals surface area contributed by atoms with Crippen LogP contribution < -0.4 is 5.32 Å². The number of rotatable bonds is 4. The van der Waals surface area contributed by atoms with Gasteiger partial charge in [-0.05, 0) is 60.4 Å². The summed E-state index contributed by atoms with van der Waals surface area (Å²) in [7, 11) is 1.64. The van der Waals surface area contributed by atoms with Crippen molar-refractivity contribution in [3.8, 4) is 11.1 Å². The van der Waals surface area contributed by atoms with E-state index >= 15 is 0 Å². The number of carbonyl (C=O) groups excluding carboxylic acids is 2. The van der Waals surface area contributed by atoms with Gasteiger partial charge in [-0.3, -0.25) is 14.6 Å². The maximum absolute atomic E-state index is 12.0. The Morgan fingerprint density at radius 2 is 2.00 bits per heavy atom. The van der Waals surface area contributed by atoms with Gasteiger partial charge in [-0.1, -0.05) is 12.1 Å². The molecular formula is C22H20N2O3. The SMILES string of the molecule is COCc1cc(-c2ccc3c(c2)CCNC3=O)c2cc(C(C)=O)ccc2n1. The van der Waals surface area contributed by atoms with Gasteiger partial charge in [-0.2, -0.15) is 0 Å². The van der Waals surface area contributed by atoms with Crippen molar-refractivity contribution in [3.63, 3.8) is 0 Å². The second-order valence-corrected chi connectivity index (χ2v) is 6.76. The minimum absolute atomic E-state index is 0.0194. The minimum Gasteiger partial charge on any atom is -0.378 e. The number of carbonyl (C=O) groups is 2. The molecule has 5 heteroatoms. The Morgan fingerprint density at radius 3 is 2.78 bits per heavy atom. The maximum atomic E-state index is 12.0. The van der Waals surface area contributed by atoms with Crippen molar-refractivity contribution in [3.05, 3.63) is 64.8 Å². The number of nitrogens with zero attached hydrogens (tertiary/aromatic N) is 1. The number of methoxy groups -OCH3 is 1. The van der Waals surface area contributed by atoms with Gasteiger partial charge in [0.1, 0.15) is 0 Å². The summed E-state index contributed by atoms with van der Waals surface area (Å²) in [4.78, 5) is 28.5. The average Bonchev–Trinajstić information content (AvgIpc) is 2.67. The van der Waals surface area contributed by atoms with Gasteiger partial charge in [-0.15, -0.1) is 0 Å². The first kappa shape index (κ1) is 17.4. The molecule has 3 aromatic rings. The molecule has 1 aliphatic heterocycles. The average molecular weight is 360 g/mol. The van der Waals surface area contributed by atoms with E-state index in [0.717, 1.165) is 45.3 Å². The van der Waals surface area contributed by atoms with E-state index in [1.54, 1.807) is 20.1 Å². The predicted octanol–water partition coefficient (Wildman–Crippen LogP) is 3.54. The zero-order valence-electron chi connectivity index (χ0n) is 15.3. The Hall–Kier alpha value is -3.05. The summed E-state index contributed by atoms with van der Waals surface area (Å²) in [6, 6.07) is 13.5. The Labute approximate surface area is 157 Å². The molecule has 2 heterocycles.